The van der Waals surface area contributed by atoms with Gasteiger partial charge < -0.3 is 5.32 Å². The molecule has 1 aromatic rings. The highest BCUT2D eigenvalue weighted by Gasteiger charge is 2.09. The van der Waals surface area contributed by atoms with Gasteiger partial charge in [-0.25, -0.2) is 8.42 Å². The predicted octanol–water partition coefficient (Wildman–Crippen LogP) is 0.645. The predicted molar refractivity (Wildman–Crippen MR) is 74.1 cm³/mol. The molecule has 0 spiro atoms. The molecule has 1 rings (SSSR count). The molecule has 1 aromatic carbocycles. The smallest absolute Gasteiger partial charge is 0.251 e. The minimum Gasteiger partial charge on any atom is -0.352 e. The zero-order chi connectivity index (χ0) is 14.5. The maximum absolute atomic E-state index is 11.6. The first-order chi connectivity index (χ1) is 8.78. The van der Waals surface area contributed by atoms with Crippen LogP contribution in [0.3, 0.4) is 0 Å². The summed E-state index contributed by atoms with van der Waals surface area (Å²) in [5, 5.41) is 2.53. The molecule has 0 aromatic heterocycles. The molecule has 104 valence electrons. The number of hydrogen-bond donors (Lipinski definition) is 2. The average molecular weight is 349 g/mol. The molecule has 19 heavy (non-hydrogen) atoms. The van der Waals surface area contributed by atoms with E-state index in [1.165, 1.54) is 0 Å². The van der Waals surface area contributed by atoms with E-state index >= 15 is 0 Å². The zero-order valence-electron chi connectivity index (χ0n) is 10.1. The summed E-state index contributed by atoms with van der Waals surface area (Å²) in [6.07, 6.45) is 0.792. The molecule has 0 radical (unpaired) electrons. The number of hydrogen-bond acceptors (Lipinski definition) is 4. The molecule has 6 nitrogen and oxygen atoms in total. The van der Waals surface area contributed by atoms with Crippen molar-refractivity contribution >= 4 is 37.8 Å². The van der Waals surface area contributed by atoms with Crippen LogP contribution in [0.2, 0.25) is 0 Å². The van der Waals surface area contributed by atoms with Crippen LogP contribution in [0.4, 0.5) is 0 Å². The number of halogens is 1. The standard InChI is InChI=1S/C11H13BrN2O4S/c1-19(17,18)14-10(15)6-7-13-11(16)8-2-4-9(12)5-3-8/h2-5H,6-7H2,1H3,(H,13,16)(H,14,15). The van der Waals surface area contributed by atoms with Crippen molar-refractivity contribution in [2.24, 2.45) is 0 Å². The van der Waals surface area contributed by atoms with E-state index in [4.69, 9.17) is 0 Å². The lowest BCUT2D eigenvalue weighted by molar-refractivity contribution is -0.119. The van der Waals surface area contributed by atoms with Crippen molar-refractivity contribution in [3.8, 4) is 0 Å². The van der Waals surface area contributed by atoms with Crippen molar-refractivity contribution in [3.63, 3.8) is 0 Å². The van der Waals surface area contributed by atoms with E-state index in [1.807, 2.05) is 4.72 Å². The second-order valence-corrected chi connectivity index (χ2v) is 6.47. The van der Waals surface area contributed by atoms with Crippen molar-refractivity contribution in [3.05, 3.63) is 34.3 Å². The largest absolute Gasteiger partial charge is 0.352 e. The number of sulfonamides is 1. The first kappa shape index (κ1) is 15.6. The molecule has 8 heteroatoms. The third-order valence-electron chi connectivity index (χ3n) is 2.04. The van der Waals surface area contributed by atoms with Crippen LogP contribution in [0.1, 0.15) is 16.8 Å². The molecule has 0 fully saturated rings. The Kier molecular flexibility index (Phi) is 5.49. The van der Waals surface area contributed by atoms with Crippen molar-refractivity contribution < 1.29 is 18.0 Å². The maximum atomic E-state index is 11.6. The van der Waals surface area contributed by atoms with E-state index in [0.717, 1.165) is 10.7 Å². The Balaban J connectivity index is 2.39. The molecule has 0 bridgehead atoms. The van der Waals surface area contributed by atoms with Gasteiger partial charge in [-0.2, -0.15) is 0 Å². The third kappa shape index (κ3) is 6.35. The first-order valence-corrected chi connectivity index (χ1v) is 8.01. The van der Waals surface area contributed by atoms with Crippen LogP contribution in [-0.4, -0.2) is 33.0 Å². The fraction of sp³-hybridized carbons (Fsp3) is 0.273. The first-order valence-electron chi connectivity index (χ1n) is 5.32. The van der Waals surface area contributed by atoms with Gasteiger partial charge in [0.15, 0.2) is 0 Å². The van der Waals surface area contributed by atoms with Gasteiger partial charge in [0.1, 0.15) is 0 Å². The van der Waals surface area contributed by atoms with Crippen LogP contribution in [0.5, 0.6) is 0 Å². The number of rotatable bonds is 5. The second-order valence-electron chi connectivity index (χ2n) is 3.81. The topological polar surface area (TPSA) is 92.3 Å². The Bertz CT molecular complexity index is 569. The summed E-state index contributed by atoms with van der Waals surface area (Å²) in [4.78, 5) is 22.8. The SMILES string of the molecule is CS(=O)(=O)NC(=O)CCNC(=O)c1ccc(Br)cc1. The Labute approximate surface area is 119 Å². The van der Waals surface area contributed by atoms with Gasteiger partial charge in [-0.05, 0) is 24.3 Å². The molecule has 0 saturated heterocycles. The molecule has 0 unspecified atom stereocenters. The Morgan fingerprint density at radius 3 is 2.32 bits per heavy atom. The van der Waals surface area contributed by atoms with Gasteiger partial charge in [0.05, 0.1) is 6.26 Å². The fourth-order valence-electron chi connectivity index (χ4n) is 1.25. The van der Waals surface area contributed by atoms with Crippen LogP contribution in [0.25, 0.3) is 0 Å². The molecule has 0 aliphatic heterocycles. The molecule has 0 atom stereocenters. The molecule has 0 aliphatic carbocycles. The summed E-state index contributed by atoms with van der Waals surface area (Å²) < 4.78 is 24.2. The van der Waals surface area contributed by atoms with Gasteiger partial charge >= 0.3 is 0 Å². The Morgan fingerprint density at radius 2 is 1.79 bits per heavy atom. The molecule has 0 saturated carbocycles. The van der Waals surface area contributed by atoms with Gasteiger partial charge in [0, 0.05) is 23.0 Å². The van der Waals surface area contributed by atoms with Gasteiger partial charge in [-0.1, -0.05) is 15.9 Å². The highest BCUT2D eigenvalue weighted by Crippen LogP contribution is 2.10. The minimum atomic E-state index is -3.55. The summed E-state index contributed by atoms with van der Waals surface area (Å²) in [6, 6.07) is 6.72. The van der Waals surface area contributed by atoms with Gasteiger partial charge in [-0.15, -0.1) is 0 Å². The van der Waals surface area contributed by atoms with Crippen molar-refractivity contribution in [1.82, 2.24) is 10.0 Å². The Morgan fingerprint density at radius 1 is 1.21 bits per heavy atom. The number of carbonyl (C=O) groups excluding carboxylic acids is 2. The van der Waals surface area contributed by atoms with E-state index in [9.17, 15) is 18.0 Å². The molecular weight excluding hydrogens is 336 g/mol. The van der Waals surface area contributed by atoms with Crippen molar-refractivity contribution in [2.45, 2.75) is 6.42 Å². The van der Waals surface area contributed by atoms with Crippen LogP contribution < -0.4 is 10.0 Å². The molecule has 2 N–H and O–H groups in total. The lowest BCUT2D eigenvalue weighted by Gasteiger charge is -2.05. The van der Waals surface area contributed by atoms with E-state index in [1.54, 1.807) is 24.3 Å². The maximum Gasteiger partial charge on any atom is 0.251 e. The summed E-state index contributed by atoms with van der Waals surface area (Å²) in [5.74, 6) is -0.974. The number of amides is 2. The zero-order valence-corrected chi connectivity index (χ0v) is 12.5. The summed E-state index contributed by atoms with van der Waals surface area (Å²) in [6.45, 7) is 0.0657. The average Bonchev–Trinajstić information content (AvgIpc) is 2.27. The van der Waals surface area contributed by atoms with Crippen LogP contribution >= 0.6 is 15.9 Å². The highest BCUT2D eigenvalue weighted by molar-refractivity contribution is 9.10. The number of carbonyl (C=O) groups is 2. The lowest BCUT2D eigenvalue weighted by atomic mass is 10.2. The lowest BCUT2D eigenvalue weighted by Crippen LogP contribution is -2.33. The molecule has 2 amide bonds. The van der Waals surface area contributed by atoms with E-state index < -0.39 is 15.9 Å². The highest BCUT2D eigenvalue weighted by atomic mass is 79.9. The van der Waals surface area contributed by atoms with Crippen molar-refractivity contribution in [2.75, 3.05) is 12.8 Å². The fourth-order valence-corrected chi connectivity index (χ4v) is 2.03. The quantitative estimate of drug-likeness (QED) is 0.816. The van der Waals surface area contributed by atoms with Gasteiger partial charge in [0.25, 0.3) is 5.91 Å². The molecule has 0 aliphatic rings. The van der Waals surface area contributed by atoms with Crippen LogP contribution in [-0.2, 0) is 14.8 Å². The summed E-state index contributed by atoms with van der Waals surface area (Å²) >= 11 is 3.25. The van der Waals surface area contributed by atoms with Crippen LogP contribution in [0, 0.1) is 0 Å². The number of benzene rings is 1. The second kappa shape index (κ2) is 6.67. The summed E-state index contributed by atoms with van der Waals surface area (Å²) in [7, 11) is -3.55. The minimum absolute atomic E-state index is 0.0657. The van der Waals surface area contributed by atoms with Gasteiger partial charge in [0.2, 0.25) is 15.9 Å². The third-order valence-corrected chi connectivity index (χ3v) is 3.17. The Hall–Kier alpha value is -1.41. The van der Waals surface area contributed by atoms with E-state index in [-0.39, 0.29) is 18.9 Å². The molecular formula is C11H13BrN2O4S. The van der Waals surface area contributed by atoms with Crippen LogP contribution in [0.15, 0.2) is 28.7 Å². The van der Waals surface area contributed by atoms with Crippen molar-refractivity contribution in [1.29, 1.82) is 0 Å². The van der Waals surface area contributed by atoms with Gasteiger partial charge in [-0.3, -0.25) is 14.3 Å². The number of nitrogens with one attached hydrogen (secondary N) is 2. The molecule has 0 heterocycles. The summed E-state index contributed by atoms with van der Waals surface area (Å²) in [5.41, 5.74) is 0.465. The van der Waals surface area contributed by atoms with E-state index in [0.29, 0.717) is 5.56 Å². The monoisotopic (exact) mass is 348 g/mol. The van der Waals surface area contributed by atoms with E-state index in [2.05, 4.69) is 21.2 Å². The normalized spacial score (nSPS) is 10.8.